The molecule has 0 radical (unpaired) electrons. The number of hydrogen-bond acceptors (Lipinski definition) is 3. The van der Waals surface area contributed by atoms with E-state index in [-0.39, 0.29) is 18.6 Å². The first-order valence-electron chi connectivity index (χ1n) is 4.89. The van der Waals surface area contributed by atoms with Crippen molar-refractivity contribution < 1.29 is 9.53 Å². The minimum Gasteiger partial charge on any atom is -0.496 e. The maximum atomic E-state index is 11.1. The normalized spacial score (nSPS) is 17.4. The highest BCUT2D eigenvalue weighted by molar-refractivity contribution is 6.32. The molecule has 2 rings (SSSR count). The van der Waals surface area contributed by atoms with Gasteiger partial charge in [0.25, 0.3) is 0 Å². The summed E-state index contributed by atoms with van der Waals surface area (Å²) in [6.07, 6.45) is 0.452. The van der Waals surface area contributed by atoms with Crippen LogP contribution in [0.3, 0.4) is 0 Å². The van der Waals surface area contributed by atoms with Crippen molar-refractivity contribution in [1.82, 2.24) is 0 Å². The van der Waals surface area contributed by atoms with Crippen LogP contribution in [-0.2, 0) is 10.2 Å². The highest BCUT2D eigenvalue weighted by Gasteiger charge is 2.48. The number of carbonyl (C=O) groups is 1. The van der Waals surface area contributed by atoms with Crippen LogP contribution in [0.25, 0.3) is 0 Å². The second kappa shape index (κ2) is 3.80. The average Bonchev–Trinajstić information content (AvgIpc) is 2.24. The predicted octanol–water partition coefficient (Wildman–Crippen LogP) is 2.47. The fourth-order valence-electron chi connectivity index (χ4n) is 2.07. The number of Topliss-reactive ketones (excluding diaryl/α,β-unsaturated/α-hetero) is 1. The summed E-state index contributed by atoms with van der Waals surface area (Å²) in [6.45, 7) is 0. The molecule has 82 valence electrons. The Morgan fingerprint density at radius 1 is 1.50 bits per heavy atom. The van der Waals surface area contributed by atoms with Crippen LogP contribution in [0.15, 0.2) is 18.2 Å². The van der Waals surface area contributed by atoms with Gasteiger partial charge in [0.15, 0.2) is 0 Å². The quantitative estimate of drug-likeness (QED) is 0.791. The number of rotatable bonds is 2. The van der Waals surface area contributed by atoms with Crippen molar-refractivity contribution in [3.63, 3.8) is 0 Å². The average molecular weight is 236 g/mol. The van der Waals surface area contributed by atoms with Crippen LogP contribution in [0, 0.1) is 11.3 Å². The number of nitriles is 1. The zero-order valence-electron chi connectivity index (χ0n) is 8.79. The maximum Gasteiger partial charge on any atom is 0.136 e. The predicted molar refractivity (Wildman–Crippen MR) is 59.5 cm³/mol. The number of halogens is 1. The monoisotopic (exact) mass is 235 g/mol. The number of ketones is 1. The lowest BCUT2D eigenvalue weighted by atomic mass is 9.64. The van der Waals surface area contributed by atoms with Gasteiger partial charge in [-0.3, -0.25) is 4.79 Å². The van der Waals surface area contributed by atoms with Crippen LogP contribution >= 0.6 is 11.6 Å². The molecule has 1 aromatic rings. The lowest BCUT2D eigenvalue weighted by Gasteiger charge is -2.35. The van der Waals surface area contributed by atoms with Crippen LogP contribution in [0.1, 0.15) is 18.4 Å². The minimum atomic E-state index is -0.791. The molecular formula is C12H10ClNO2. The largest absolute Gasteiger partial charge is 0.496 e. The Labute approximate surface area is 98.6 Å². The van der Waals surface area contributed by atoms with Gasteiger partial charge >= 0.3 is 0 Å². The summed E-state index contributed by atoms with van der Waals surface area (Å²) < 4.78 is 5.20. The van der Waals surface area contributed by atoms with E-state index in [1.165, 1.54) is 7.11 Å². The van der Waals surface area contributed by atoms with E-state index in [9.17, 15) is 10.1 Å². The van der Waals surface area contributed by atoms with Gasteiger partial charge < -0.3 is 4.74 Å². The SMILES string of the molecule is COc1cccc(Cl)c1C1(C#N)CC(=O)C1. The first kappa shape index (κ1) is 11.0. The van der Waals surface area contributed by atoms with Crippen LogP contribution < -0.4 is 4.74 Å². The summed E-state index contributed by atoms with van der Waals surface area (Å²) in [6, 6.07) is 7.41. The maximum absolute atomic E-state index is 11.1. The number of benzene rings is 1. The zero-order chi connectivity index (χ0) is 11.8. The molecule has 1 aromatic carbocycles. The molecular weight excluding hydrogens is 226 g/mol. The molecule has 0 spiro atoms. The van der Waals surface area contributed by atoms with Gasteiger partial charge in [-0.15, -0.1) is 0 Å². The van der Waals surface area contributed by atoms with Crippen LogP contribution in [-0.4, -0.2) is 12.9 Å². The van der Waals surface area contributed by atoms with Crippen LogP contribution in [0.4, 0.5) is 0 Å². The molecule has 0 aromatic heterocycles. The Balaban J connectivity index is 2.55. The van der Waals surface area contributed by atoms with Crippen molar-refractivity contribution >= 4 is 17.4 Å². The summed E-state index contributed by atoms with van der Waals surface area (Å²) in [7, 11) is 1.53. The summed E-state index contributed by atoms with van der Waals surface area (Å²) in [5, 5.41) is 9.72. The molecule has 0 aliphatic heterocycles. The van der Waals surface area contributed by atoms with Crippen molar-refractivity contribution in [1.29, 1.82) is 5.26 Å². The van der Waals surface area contributed by atoms with E-state index in [1.54, 1.807) is 18.2 Å². The van der Waals surface area contributed by atoms with E-state index in [2.05, 4.69) is 6.07 Å². The minimum absolute atomic E-state index is 0.0866. The van der Waals surface area contributed by atoms with E-state index in [0.29, 0.717) is 16.3 Å². The van der Waals surface area contributed by atoms with Gasteiger partial charge in [0.1, 0.15) is 16.9 Å². The van der Waals surface area contributed by atoms with Crippen LogP contribution in [0.2, 0.25) is 5.02 Å². The molecule has 1 fully saturated rings. The number of carbonyl (C=O) groups excluding carboxylic acids is 1. The fraction of sp³-hybridized carbons (Fsp3) is 0.333. The second-order valence-corrected chi connectivity index (χ2v) is 4.31. The standard InChI is InChI=1S/C12H10ClNO2/c1-16-10-4-2-3-9(13)11(10)12(7-14)5-8(15)6-12/h2-4H,5-6H2,1H3. The second-order valence-electron chi connectivity index (χ2n) is 3.90. The van der Waals surface area contributed by atoms with Crippen LogP contribution in [0.5, 0.6) is 5.75 Å². The number of methoxy groups -OCH3 is 1. The molecule has 0 atom stereocenters. The van der Waals surface area contributed by atoms with E-state index in [1.807, 2.05) is 0 Å². The molecule has 1 aliphatic rings. The molecule has 1 saturated carbocycles. The molecule has 1 aliphatic carbocycles. The van der Waals surface area contributed by atoms with Crippen molar-refractivity contribution in [2.24, 2.45) is 0 Å². The van der Waals surface area contributed by atoms with Gasteiger partial charge in [0.2, 0.25) is 0 Å². The highest BCUT2D eigenvalue weighted by atomic mass is 35.5. The molecule has 16 heavy (non-hydrogen) atoms. The lowest BCUT2D eigenvalue weighted by Crippen LogP contribution is -2.40. The summed E-state index contributed by atoms with van der Waals surface area (Å²) in [5.41, 5.74) is -0.151. The van der Waals surface area contributed by atoms with Crippen molar-refractivity contribution in [3.05, 3.63) is 28.8 Å². The van der Waals surface area contributed by atoms with Crippen molar-refractivity contribution in [2.75, 3.05) is 7.11 Å². The van der Waals surface area contributed by atoms with Crippen molar-refractivity contribution in [3.8, 4) is 11.8 Å². The lowest BCUT2D eigenvalue weighted by molar-refractivity contribution is -0.126. The van der Waals surface area contributed by atoms with E-state index < -0.39 is 5.41 Å². The third-order valence-corrected chi connectivity index (χ3v) is 3.20. The first-order valence-corrected chi connectivity index (χ1v) is 5.27. The molecule has 0 unspecified atom stereocenters. The summed E-state index contributed by atoms with van der Waals surface area (Å²) in [4.78, 5) is 11.1. The molecule has 4 heteroatoms. The molecule has 0 bridgehead atoms. The first-order chi connectivity index (χ1) is 7.63. The van der Waals surface area contributed by atoms with E-state index >= 15 is 0 Å². The fourth-order valence-corrected chi connectivity index (χ4v) is 2.42. The third-order valence-electron chi connectivity index (χ3n) is 2.89. The van der Waals surface area contributed by atoms with Gasteiger partial charge in [-0.2, -0.15) is 5.26 Å². The third kappa shape index (κ3) is 1.46. The molecule has 0 amide bonds. The van der Waals surface area contributed by atoms with Gasteiger partial charge in [-0.05, 0) is 12.1 Å². The summed E-state index contributed by atoms with van der Waals surface area (Å²) >= 11 is 6.09. The zero-order valence-corrected chi connectivity index (χ0v) is 9.54. The van der Waals surface area contributed by atoms with E-state index in [0.717, 1.165) is 0 Å². The van der Waals surface area contributed by atoms with Crippen molar-refractivity contribution in [2.45, 2.75) is 18.3 Å². The Morgan fingerprint density at radius 3 is 2.69 bits per heavy atom. The van der Waals surface area contributed by atoms with Gasteiger partial charge in [-0.25, -0.2) is 0 Å². The van der Waals surface area contributed by atoms with Gasteiger partial charge in [0.05, 0.1) is 13.2 Å². The van der Waals surface area contributed by atoms with Gasteiger partial charge in [-0.1, -0.05) is 17.7 Å². The number of hydrogen-bond donors (Lipinski definition) is 0. The smallest absolute Gasteiger partial charge is 0.136 e. The highest BCUT2D eigenvalue weighted by Crippen LogP contribution is 2.47. The molecule has 0 saturated heterocycles. The molecule has 0 N–H and O–H groups in total. The Hall–Kier alpha value is -1.53. The Bertz CT molecular complexity index is 482. The topological polar surface area (TPSA) is 50.1 Å². The number of nitrogens with zero attached hydrogens (tertiary/aromatic N) is 1. The van der Waals surface area contributed by atoms with Gasteiger partial charge in [0, 0.05) is 23.4 Å². The Morgan fingerprint density at radius 2 is 2.19 bits per heavy atom. The summed E-state index contributed by atoms with van der Waals surface area (Å²) in [5.74, 6) is 0.657. The number of ether oxygens (including phenoxy) is 1. The Kier molecular flexibility index (Phi) is 2.61. The van der Waals surface area contributed by atoms with E-state index in [4.69, 9.17) is 16.3 Å². The molecule has 0 heterocycles. The molecule has 3 nitrogen and oxygen atoms in total.